The van der Waals surface area contributed by atoms with Crippen molar-refractivity contribution in [2.24, 2.45) is 0 Å². The molecule has 0 aromatic heterocycles. The van der Waals surface area contributed by atoms with Gasteiger partial charge in [-0.05, 0) is 54.7 Å². The molecule has 2 aliphatic heterocycles. The van der Waals surface area contributed by atoms with Crippen LogP contribution in [0, 0.1) is 0 Å². The number of fused-ring (bicyclic) bond motifs is 2. The topological polar surface area (TPSA) is 20.3 Å². The molecule has 4 rings (SSSR count). The van der Waals surface area contributed by atoms with Crippen molar-refractivity contribution in [2.45, 2.75) is 35.6 Å². The maximum atomic E-state index is 13.0. The summed E-state index contributed by atoms with van der Waals surface area (Å²) < 4.78 is 38.8. The minimum atomic E-state index is -4.36. The molecular formula is C19H16F3NOS. The fourth-order valence-electron chi connectivity index (χ4n) is 3.50. The van der Waals surface area contributed by atoms with Crippen LogP contribution < -0.4 is 4.90 Å². The van der Waals surface area contributed by atoms with Crippen LogP contribution >= 0.6 is 11.8 Å². The van der Waals surface area contributed by atoms with Crippen LogP contribution in [0.2, 0.25) is 0 Å². The summed E-state index contributed by atoms with van der Waals surface area (Å²) in [4.78, 5) is 15.8. The van der Waals surface area contributed by atoms with Gasteiger partial charge < -0.3 is 4.90 Å². The zero-order chi connectivity index (χ0) is 17.6. The molecule has 1 amide bonds. The summed E-state index contributed by atoms with van der Waals surface area (Å²) in [5, 5.41) is -0.203. The van der Waals surface area contributed by atoms with Crippen LogP contribution in [-0.2, 0) is 23.8 Å². The standard InChI is InChI=1S/C19H16F3NOS/c20-19(21,22)14-7-8-15-12(10-14)5-3-9-23(15)18(24)17-11-13-4-1-2-6-16(13)25-17/h1-2,4,6-8,10,17H,3,5,9,11H2. The molecule has 25 heavy (non-hydrogen) atoms. The Balaban J connectivity index is 1.60. The average molecular weight is 363 g/mol. The van der Waals surface area contributed by atoms with E-state index in [1.54, 1.807) is 16.7 Å². The van der Waals surface area contributed by atoms with E-state index in [1.807, 2.05) is 24.3 Å². The normalized spacial score (nSPS) is 19.5. The number of nitrogens with zero attached hydrogens (tertiary/aromatic N) is 1. The zero-order valence-corrected chi connectivity index (χ0v) is 14.2. The molecule has 0 saturated carbocycles. The van der Waals surface area contributed by atoms with Gasteiger partial charge in [0.25, 0.3) is 0 Å². The molecule has 6 heteroatoms. The van der Waals surface area contributed by atoms with Crippen molar-refractivity contribution >= 4 is 23.4 Å². The number of amides is 1. The molecule has 0 saturated heterocycles. The molecule has 0 radical (unpaired) electrons. The Bertz CT molecular complexity index is 809. The summed E-state index contributed by atoms with van der Waals surface area (Å²) in [7, 11) is 0. The SMILES string of the molecule is O=C(C1Cc2ccccc2S1)N1CCCc2cc(C(F)(F)F)ccc21. The monoisotopic (exact) mass is 363 g/mol. The molecule has 0 fully saturated rings. The molecular weight excluding hydrogens is 347 g/mol. The average Bonchev–Trinajstić information content (AvgIpc) is 3.03. The van der Waals surface area contributed by atoms with Gasteiger partial charge in [-0.15, -0.1) is 11.8 Å². The molecule has 2 nitrogen and oxygen atoms in total. The van der Waals surface area contributed by atoms with Crippen LogP contribution in [0.4, 0.5) is 18.9 Å². The van der Waals surface area contributed by atoms with E-state index >= 15 is 0 Å². The molecule has 0 aliphatic carbocycles. The van der Waals surface area contributed by atoms with Crippen molar-refractivity contribution in [3.8, 4) is 0 Å². The lowest BCUT2D eigenvalue weighted by atomic mass is 9.98. The molecule has 2 aromatic carbocycles. The highest BCUT2D eigenvalue weighted by atomic mass is 32.2. The van der Waals surface area contributed by atoms with Crippen molar-refractivity contribution in [3.63, 3.8) is 0 Å². The largest absolute Gasteiger partial charge is 0.416 e. The van der Waals surface area contributed by atoms with Crippen LogP contribution in [0.15, 0.2) is 47.4 Å². The Labute approximate surface area is 148 Å². The van der Waals surface area contributed by atoms with Crippen molar-refractivity contribution in [1.29, 1.82) is 0 Å². The fourth-order valence-corrected chi connectivity index (χ4v) is 4.75. The van der Waals surface area contributed by atoms with E-state index in [0.29, 0.717) is 37.1 Å². The van der Waals surface area contributed by atoms with Gasteiger partial charge in [-0.25, -0.2) is 0 Å². The van der Waals surface area contributed by atoms with Crippen LogP contribution in [0.5, 0.6) is 0 Å². The highest BCUT2D eigenvalue weighted by Crippen LogP contribution is 2.40. The molecule has 2 aromatic rings. The summed E-state index contributed by atoms with van der Waals surface area (Å²) in [5.74, 6) is -0.0121. The fraction of sp³-hybridized carbons (Fsp3) is 0.316. The van der Waals surface area contributed by atoms with E-state index in [4.69, 9.17) is 0 Å². The van der Waals surface area contributed by atoms with Crippen molar-refractivity contribution in [2.75, 3.05) is 11.4 Å². The Morgan fingerprint density at radius 2 is 1.92 bits per heavy atom. The van der Waals surface area contributed by atoms with E-state index in [0.717, 1.165) is 16.5 Å². The molecule has 1 atom stereocenters. The first-order valence-electron chi connectivity index (χ1n) is 8.19. The Morgan fingerprint density at radius 3 is 2.68 bits per heavy atom. The van der Waals surface area contributed by atoms with Gasteiger partial charge in [0.1, 0.15) is 0 Å². The Kier molecular flexibility index (Phi) is 4.02. The van der Waals surface area contributed by atoms with Gasteiger partial charge in [-0.1, -0.05) is 18.2 Å². The van der Waals surface area contributed by atoms with Gasteiger partial charge in [-0.3, -0.25) is 4.79 Å². The Morgan fingerprint density at radius 1 is 1.12 bits per heavy atom. The van der Waals surface area contributed by atoms with Gasteiger partial charge in [0.15, 0.2) is 0 Å². The number of aryl methyl sites for hydroxylation is 1. The molecule has 0 bridgehead atoms. The minimum absolute atomic E-state index is 0.0121. The number of carbonyl (C=O) groups excluding carboxylic acids is 1. The molecule has 2 aliphatic rings. The summed E-state index contributed by atoms with van der Waals surface area (Å²) in [5.41, 5.74) is 1.74. The first kappa shape index (κ1) is 16.5. The number of hydrogen-bond donors (Lipinski definition) is 0. The molecule has 0 spiro atoms. The lowest BCUT2D eigenvalue weighted by Crippen LogP contribution is -2.41. The van der Waals surface area contributed by atoms with Crippen LogP contribution in [0.25, 0.3) is 0 Å². The number of alkyl halides is 3. The van der Waals surface area contributed by atoms with Crippen LogP contribution in [0.3, 0.4) is 0 Å². The van der Waals surface area contributed by atoms with Crippen LogP contribution in [0.1, 0.15) is 23.1 Å². The number of anilines is 1. The van der Waals surface area contributed by atoms with E-state index in [-0.39, 0.29) is 11.2 Å². The van der Waals surface area contributed by atoms with Gasteiger partial charge >= 0.3 is 6.18 Å². The summed E-state index contributed by atoms with van der Waals surface area (Å²) >= 11 is 1.55. The highest BCUT2D eigenvalue weighted by Gasteiger charge is 2.35. The molecule has 0 N–H and O–H groups in total. The molecule has 130 valence electrons. The van der Waals surface area contributed by atoms with Gasteiger partial charge in [0.05, 0.1) is 10.8 Å². The first-order chi connectivity index (χ1) is 11.9. The second-order valence-electron chi connectivity index (χ2n) is 6.35. The lowest BCUT2D eigenvalue weighted by Gasteiger charge is -2.31. The summed E-state index contributed by atoms with van der Waals surface area (Å²) in [6.07, 6.45) is -2.43. The summed E-state index contributed by atoms with van der Waals surface area (Å²) in [6.45, 7) is 0.560. The van der Waals surface area contributed by atoms with Crippen molar-refractivity contribution < 1.29 is 18.0 Å². The van der Waals surface area contributed by atoms with Crippen molar-refractivity contribution in [3.05, 3.63) is 59.2 Å². The zero-order valence-electron chi connectivity index (χ0n) is 13.3. The van der Waals surface area contributed by atoms with Gasteiger partial charge in [0.2, 0.25) is 5.91 Å². The maximum Gasteiger partial charge on any atom is 0.416 e. The molecule has 2 heterocycles. The van der Waals surface area contributed by atoms with Crippen LogP contribution in [-0.4, -0.2) is 17.7 Å². The predicted molar refractivity (Wildman–Crippen MR) is 91.9 cm³/mol. The first-order valence-corrected chi connectivity index (χ1v) is 9.07. The number of rotatable bonds is 1. The summed E-state index contributed by atoms with van der Waals surface area (Å²) in [6, 6.07) is 11.6. The van der Waals surface area contributed by atoms with E-state index < -0.39 is 11.7 Å². The Hall–Kier alpha value is -1.95. The minimum Gasteiger partial charge on any atom is -0.311 e. The third kappa shape index (κ3) is 3.03. The smallest absolute Gasteiger partial charge is 0.311 e. The predicted octanol–water partition coefficient (Wildman–Crippen LogP) is 4.70. The number of benzene rings is 2. The second-order valence-corrected chi connectivity index (χ2v) is 7.60. The van der Waals surface area contributed by atoms with E-state index in [1.165, 1.54) is 12.1 Å². The van der Waals surface area contributed by atoms with E-state index in [2.05, 4.69) is 0 Å². The van der Waals surface area contributed by atoms with Gasteiger partial charge in [0, 0.05) is 17.1 Å². The third-order valence-electron chi connectivity index (χ3n) is 4.71. The third-order valence-corrected chi connectivity index (χ3v) is 6.02. The number of hydrogen-bond acceptors (Lipinski definition) is 2. The molecule has 1 unspecified atom stereocenters. The second kappa shape index (κ2) is 6.09. The van der Waals surface area contributed by atoms with Gasteiger partial charge in [-0.2, -0.15) is 13.2 Å². The number of thioether (sulfide) groups is 1. The quantitative estimate of drug-likeness (QED) is 0.732. The number of carbonyl (C=O) groups is 1. The highest BCUT2D eigenvalue weighted by molar-refractivity contribution is 8.01. The van der Waals surface area contributed by atoms with E-state index in [9.17, 15) is 18.0 Å². The lowest BCUT2D eigenvalue weighted by molar-refractivity contribution is -0.137. The number of halogens is 3. The van der Waals surface area contributed by atoms with Crippen molar-refractivity contribution in [1.82, 2.24) is 0 Å². The maximum absolute atomic E-state index is 13.0.